The van der Waals surface area contributed by atoms with Gasteiger partial charge in [0.25, 0.3) is 5.56 Å². The van der Waals surface area contributed by atoms with Crippen LogP contribution in [0.25, 0.3) is 4.96 Å². The number of anilines is 1. The summed E-state index contributed by atoms with van der Waals surface area (Å²) in [4.78, 5) is 16.3. The van der Waals surface area contributed by atoms with Crippen LogP contribution in [0, 0.1) is 5.41 Å². The molecule has 0 aliphatic heterocycles. The van der Waals surface area contributed by atoms with E-state index in [2.05, 4.69) is 22.3 Å². The van der Waals surface area contributed by atoms with Crippen molar-refractivity contribution in [3.63, 3.8) is 0 Å². The van der Waals surface area contributed by atoms with Crippen molar-refractivity contribution in [2.24, 2.45) is 5.41 Å². The molecule has 0 atom stereocenters. The third kappa shape index (κ3) is 2.12. The number of hydrogen-bond acceptors (Lipinski definition) is 5. The topological polar surface area (TPSA) is 59.3 Å². The number of nitrogens with one attached hydrogen (secondary N) is 1. The van der Waals surface area contributed by atoms with Crippen LogP contribution < -0.4 is 10.9 Å². The highest BCUT2D eigenvalue weighted by molar-refractivity contribution is 7.20. The van der Waals surface area contributed by atoms with E-state index in [4.69, 9.17) is 0 Å². The van der Waals surface area contributed by atoms with Gasteiger partial charge in [-0.25, -0.2) is 4.98 Å². The van der Waals surface area contributed by atoms with Gasteiger partial charge in [-0.3, -0.25) is 4.79 Å². The molecule has 6 heteroatoms. The van der Waals surface area contributed by atoms with E-state index in [9.17, 15) is 4.79 Å². The predicted octanol–water partition coefficient (Wildman–Crippen LogP) is 2.14. The zero-order valence-electron chi connectivity index (χ0n) is 10.3. The Bertz CT molecular complexity index is 612. The van der Waals surface area contributed by atoms with Crippen LogP contribution in [0.2, 0.25) is 0 Å². The van der Waals surface area contributed by atoms with Gasteiger partial charge in [0.15, 0.2) is 0 Å². The second kappa shape index (κ2) is 4.35. The molecular weight excluding hydrogens is 248 g/mol. The molecule has 1 aliphatic carbocycles. The molecule has 0 spiro atoms. The lowest BCUT2D eigenvalue weighted by Gasteiger charge is -2.23. The van der Waals surface area contributed by atoms with Crippen molar-refractivity contribution in [3.05, 3.63) is 22.6 Å². The lowest BCUT2D eigenvalue weighted by atomic mass is 9.89. The van der Waals surface area contributed by atoms with Crippen LogP contribution in [-0.2, 0) is 0 Å². The molecule has 0 bridgehead atoms. The molecule has 1 N–H and O–H groups in total. The normalized spacial score (nSPS) is 18.3. The molecule has 0 unspecified atom stereocenters. The second-order valence-corrected chi connectivity index (χ2v) is 6.21. The minimum atomic E-state index is -0.128. The van der Waals surface area contributed by atoms with Gasteiger partial charge in [0, 0.05) is 18.8 Å². The fourth-order valence-electron chi connectivity index (χ4n) is 2.51. The number of hydrogen-bond donors (Lipinski definition) is 1. The lowest BCUT2D eigenvalue weighted by Crippen LogP contribution is -2.23. The Morgan fingerprint density at radius 3 is 3.00 bits per heavy atom. The Balaban J connectivity index is 1.79. The van der Waals surface area contributed by atoms with E-state index in [1.54, 1.807) is 0 Å². The van der Waals surface area contributed by atoms with Crippen LogP contribution >= 0.6 is 11.3 Å². The molecular formula is C12H16N4OS. The first-order chi connectivity index (χ1) is 8.66. The number of nitrogens with zero attached hydrogens (tertiary/aromatic N) is 3. The molecule has 2 heterocycles. The van der Waals surface area contributed by atoms with Gasteiger partial charge >= 0.3 is 0 Å². The van der Waals surface area contributed by atoms with Gasteiger partial charge in [0.1, 0.15) is 0 Å². The van der Waals surface area contributed by atoms with E-state index < -0.39 is 0 Å². The van der Waals surface area contributed by atoms with Crippen LogP contribution in [-0.4, -0.2) is 21.1 Å². The monoisotopic (exact) mass is 264 g/mol. The molecule has 18 heavy (non-hydrogen) atoms. The first-order valence-corrected chi connectivity index (χ1v) is 7.07. The van der Waals surface area contributed by atoms with Gasteiger partial charge in [-0.1, -0.05) is 31.1 Å². The van der Waals surface area contributed by atoms with Crippen molar-refractivity contribution in [2.75, 3.05) is 11.9 Å². The maximum Gasteiger partial charge on any atom is 0.275 e. The molecule has 0 aromatic carbocycles. The summed E-state index contributed by atoms with van der Waals surface area (Å²) in [6.45, 7) is 3.23. The molecule has 2 aromatic rings. The van der Waals surface area contributed by atoms with Crippen molar-refractivity contribution < 1.29 is 0 Å². The zero-order chi connectivity index (χ0) is 12.6. The van der Waals surface area contributed by atoms with Crippen molar-refractivity contribution in [3.8, 4) is 0 Å². The van der Waals surface area contributed by atoms with Crippen molar-refractivity contribution in [1.29, 1.82) is 0 Å². The fourth-order valence-corrected chi connectivity index (χ4v) is 3.28. The zero-order valence-corrected chi connectivity index (χ0v) is 11.2. The SMILES string of the molecule is CC1(CNc2nn3c(=O)ccnc3s2)CCCC1. The lowest BCUT2D eigenvalue weighted by molar-refractivity contribution is 0.362. The summed E-state index contributed by atoms with van der Waals surface area (Å²) < 4.78 is 1.35. The van der Waals surface area contributed by atoms with E-state index in [-0.39, 0.29) is 5.56 Å². The molecule has 0 saturated heterocycles. The second-order valence-electron chi connectivity index (χ2n) is 5.26. The van der Waals surface area contributed by atoms with E-state index in [0.29, 0.717) is 10.4 Å². The minimum absolute atomic E-state index is 0.128. The molecule has 1 saturated carbocycles. The standard InChI is InChI=1S/C12H16N4OS/c1-12(5-2-3-6-12)8-14-10-15-16-9(17)4-7-13-11(16)18-10/h4,7H,2-3,5-6,8H2,1H3,(H,14,15). The summed E-state index contributed by atoms with van der Waals surface area (Å²) in [6.07, 6.45) is 6.70. The first-order valence-electron chi connectivity index (χ1n) is 6.25. The predicted molar refractivity (Wildman–Crippen MR) is 72.2 cm³/mol. The van der Waals surface area contributed by atoms with Crippen LogP contribution in [0.15, 0.2) is 17.1 Å². The van der Waals surface area contributed by atoms with E-state index >= 15 is 0 Å². The molecule has 0 amide bonds. The van der Waals surface area contributed by atoms with Crippen LogP contribution in [0.3, 0.4) is 0 Å². The first kappa shape index (κ1) is 11.6. The number of rotatable bonds is 3. The maximum absolute atomic E-state index is 11.6. The Labute approximate surface area is 109 Å². The van der Waals surface area contributed by atoms with Gasteiger partial charge in [-0.05, 0) is 18.3 Å². The van der Waals surface area contributed by atoms with Gasteiger partial charge in [-0.2, -0.15) is 4.52 Å². The molecule has 0 radical (unpaired) electrons. The molecule has 96 valence electrons. The minimum Gasteiger partial charge on any atom is -0.360 e. The Kier molecular flexibility index (Phi) is 2.81. The molecule has 5 nitrogen and oxygen atoms in total. The molecule has 2 aromatic heterocycles. The van der Waals surface area contributed by atoms with Crippen LogP contribution in [0.4, 0.5) is 5.13 Å². The average molecular weight is 264 g/mol. The van der Waals surface area contributed by atoms with E-state index in [1.807, 2.05) is 0 Å². The Hall–Kier alpha value is -1.43. The summed E-state index contributed by atoms with van der Waals surface area (Å²) >= 11 is 1.42. The van der Waals surface area contributed by atoms with Crippen LogP contribution in [0.5, 0.6) is 0 Å². The smallest absolute Gasteiger partial charge is 0.275 e. The van der Waals surface area contributed by atoms with Gasteiger partial charge in [-0.15, -0.1) is 5.10 Å². The number of fused-ring (bicyclic) bond motifs is 1. The van der Waals surface area contributed by atoms with E-state index in [1.165, 1.54) is 53.8 Å². The largest absolute Gasteiger partial charge is 0.360 e. The summed E-state index contributed by atoms with van der Waals surface area (Å²) in [5, 5.41) is 8.38. The third-order valence-electron chi connectivity index (χ3n) is 3.65. The molecule has 3 rings (SSSR count). The molecule has 1 fully saturated rings. The quantitative estimate of drug-likeness (QED) is 0.922. The van der Waals surface area contributed by atoms with E-state index in [0.717, 1.165) is 11.7 Å². The molecule has 1 aliphatic rings. The fraction of sp³-hybridized carbons (Fsp3) is 0.583. The summed E-state index contributed by atoms with van der Waals surface area (Å²) in [6, 6.07) is 1.43. The average Bonchev–Trinajstić information content (AvgIpc) is 2.94. The number of aromatic nitrogens is 3. The van der Waals surface area contributed by atoms with Crippen molar-refractivity contribution in [2.45, 2.75) is 32.6 Å². The van der Waals surface area contributed by atoms with Crippen molar-refractivity contribution >= 4 is 21.4 Å². The Morgan fingerprint density at radius 2 is 2.28 bits per heavy atom. The third-order valence-corrected chi connectivity index (χ3v) is 4.53. The van der Waals surface area contributed by atoms with Crippen LogP contribution in [0.1, 0.15) is 32.6 Å². The Morgan fingerprint density at radius 1 is 1.50 bits per heavy atom. The van der Waals surface area contributed by atoms with Gasteiger partial charge < -0.3 is 5.32 Å². The highest BCUT2D eigenvalue weighted by Crippen LogP contribution is 2.37. The van der Waals surface area contributed by atoms with Crippen molar-refractivity contribution in [1.82, 2.24) is 14.6 Å². The summed E-state index contributed by atoms with van der Waals surface area (Å²) in [5.74, 6) is 0. The highest BCUT2D eigenvalue weighted by Gasteiger charge is 2.28. The van der Waals surface area contributed by atoms with Gasteiger partial charge in [0.2, 0.25) is 10.1 Å². The summed E-state index contributed by atoms with van der Waals surface area (Å²) in [5.41, 5.74) is 0.243. The highest BCUT2D eigenvalue weighted by atomic mass is 32.1. The maximum atomic E-state index is 11.6. The van der Waals surface area contributed by atoms with Gasteiger partial charge in [0.05, 0.1) is 0 Å². The summed E-state index contributed by atoms with van der Waals surface area (Å²) in [7, 11) is 0.